The van der Waals surface area contributed by atoms with Gasteiger partial charge in [-0.3, -0.25) is 4.90 Å². The largest absolute Gasteiger partial charge is 0.301 e. The first-order valence-corrected chi connectivity index (χ1v) is 19.6. The standard InChI is InChI=1S/C14H27N.2C13H25N/c1-10(2)15-8-6-5-7-13-11(3)12(4)14(13)9-15;1-9(2)14-7-5-6-12-10(3)11(4)13(12)8-14;1-9(2)14-8-6-5-7-12-10(3)11(4)13(12)14/h10-14H,5-9H2,1-4H3;2*9-13H,5-8H2,1-4H3. The molecule has 252 valence electrons. The first-order valence-electron chi connectivity index (χ1n) is 19.6. The van der Waals surface area contributed by atoms with E-state index >= 15 is 0 Å². The van der Waals surface area contributed by atoms with Crippen molar-refractivity contribution in [3.63, 3.8) is 0 Å². The number of rotatable bonds is 3. The van der Waals surface area contributed by atoms with Gasteiger partial charge in [0.1, 0.15) is 0 Å². The molecule has 3 heterocycles. The number of fused-ring (bicyclic) bond motifs is 3. The fourth-order valence-electron chi connectivity index (χ4n) is 10.9. The van der Waals surface area contributed by atoms with Crippen molar-refractivity contribution in [3.8, 4) is 0 Å². The molecule has 6 rings (SSSR count). The molecule has 12 atom stereocenters. The molecule has 3 heteroatoms. The molecule has 0 N–H and O–H groups in total. The van der Waals surface area contributed by atoms with E-state index in [1.54, 1.807) is 0 Å². The minimum Gasteiger partial charge on any atom is -0.301 e. The lowest BCUT2D eigenvalue weighted by Gasteiger charge is -2.54. The van der Waals surface area contributed by atoms with E-state index in [2.05, 4.69) is 97.8 Å². The Labute approximate surface area is 270 Å². The molecule has 43 heavy (non-hydrogen) atoms. The van der Waals surface area contributed by atoms with Gasteiger partial charge in [-0.05, 0) is 165 Å². The minimum atomic E-state index is 0.742. The Morgan fingerprint density at radius 3 is 1.28 bits per heavy atom. The highest BCUT2D eigenvalue weighted by Crippen LogP contribution is 2.51. The average molecular weight is 600 g/mol. The van der Waals surface area contributed by atoms with Crippen LogP contribution in [0.25, 0.3) is 0 Å². The second-order valence-corrected chi connectivity index (χ2v) is 17.6. The summed E-state index contributed by atoms with van der Waals surface area (Å²) < 4.78 is 0. The highest BCUT2D eigenvalue weighted by molar-refractivity contribution is 5.01. The van der Waals surface area contributed by atoms with E-state index in [1.807, 2.05) is 0 Å². The van der Waals surface area contributed by atoms with E-state index in [0.29, 0.717) is 0 Å². The van der Waals surface area contributed by atoms with Gasteiger partial charge in [0.25, 0.3) is 0 Å². The molecule has 0 amide bonds. The smallest absolute Gasteiger partial charge is 0.0157 e. The number of likely N-dealkylation sites (tertiary alicyclic amines) is 3. The summed E-state index contributed by atoms with van der Waals surface area (Å²) in [6.07, 6.45) is 11.7. The Morgan fingerprint density at radius 1 is 0.395 bits per heavy atom. The molecular formula is C40H77N3. The molecule has 3 aliphatic carbocycles. The monoisotopic (exact) mass is 600 g/mol. The van der Waals surface area contributed by atoms with Gasteiger partial charge in [-0.1, -0.05) is 54.4 Å². The van der Waals surface area contributed by atoms with Crippen LogP contribution in [0.2, 0.25) is 0 Å². The van der Waals surface area contributed by atoms with Crippen LogP contribution in [0.3, 0.4) is 0 Å². The third kappa shape index (κ3) is 7.89. The second kappa shape index (κ2) is 15.6. The van der Waals surface area contributed by atoms with Crippen LogP contribution in [0.1, 0.15) is 134 Å². The molecular weight excluding hydrogens is 522 g/mol. The van der Waals surface area contributed by atoms with Crippen LogP contribution in [0.15, 0.2) is 0 Å². The van der Waals surface area contributed by atoms with Crippen molar-refractivity contribution in [3.05, 3.63) is 0 Å². The van der Waals surface area contributed by atoms with Crippen LogP contribution >= 0.6 is 0 Å². The Morgan fingerprint density at radius 2 is 0.791 bits per heavy atom. The maximum Gasteiger partial charge on any atom is 0.0157 e. The molecule has 0 bridgehead atoms. The minimum absolute atomic E-state index is 0.742. The Bertz CT molecular complexity index is 821. The summed E-state index contributed by atoms with van der Waals surface area (Å²) in [6, 6.07) is 3.15. The molecule has 6 aliphatic rings. The van der Waals surface area contributed by atoms with Gasteiger partial charge in [0.2, 0.25) is 0 Å². The summed E-state index contributed by atoms with van der Waals surface area (Å²) in [6.45, 7) is 35.6. The topological polar surface area (TPSA) is 9.72 Å². The van der Waals surface area contributed by atoms with Crippen LogP contribution in [0.4, 0.5) is 0 Å². The van der Waals surface area contributed by atoms with Gasteiger partial charge in [0.15, 0.2) is 0 Å². The van der Waals surface area contributed by atoms with Crippen molar-refractivity contribution in [1.29, 1.82) is 0 Å². The van der Waals surface area contributed by atoms with Crippen molar-refractivity contribution in [2.45, 2.75) is 159 Å². The van der Waals surface area contributed by atoms with Gasteiger partial charge in [-0.15, -0.1) is 0 Å². The van der Waals surface area contributed by atoms with Crippen LogP contribution in [0.5, 0.6) is 0 Å². The Balaban J connectivity index is 0.000000148. The third-order valence-corrected chi connectivity index (χ3v) is 14.8. The molecule has 0 radical (unpaired) electrons. The van der Waals surface area contributed by atoms with Gasteiger partial charge in [0, 0.05) is 37.3 Å². The van der Waals surface area contributed by atoms with Crippen molar-refractivity contribution < 1.29 is 0 Å². The number of hydrogen-bond acceptors (Lipinski definition) is 3. The molecule has 12 unspecified atom stereocenters. The van der Waals surface area contributed by atoms with Crippen molar-refractivity contribution >= 4 is 0 Å². The predicted octanol–water partition coefficient (Wildman–Crippen LogP) is 9.56. The Hall–Kier alpha value is -0.120. The molecule has 0 spiro atoms. The quantitative estimate of drug-likeness (QED) is 0.320. The lowest BCUT2D eigenvalue weighted by atomic mass is 9.56. The molecule has 0 aromatic rings. The van der Waals surface area contributed by atoms with E-state index in [1.165, 1.54) is 84.1 Å². The lowest BCUT2D eigenvalue weighted by molar-refractivity contribution is -0.0539. The second-order valence-electron chi connectivity index (χ2n) is 17.6. The van der Waals surface area contributed by atoms with E-state index in [4.69, 9.17) is 0 Å². The molecule has 6 fully saturated rings. The zero-order valence-electron chi connectivity index (χ0n) is 31.2. The first kappa shape index (κ1) is 35.7. The van der Waals surface area contributed by atoms with Crippen molar-refractivity contribution in [2.75, 3.05) is 32.7 Å². The summed E-state index contributed by atoms with van der Waals surface area (Å²) in [5, 5.41) is 0. The fourth-order valence-corrected chi connectivity index (χ4v) is 10.9. The average Bonchev–Trinajstić information content (AvgIpc) is 3.31. The predicted molar refractivity (Wildman–Crippen MR) is 188 cm³/mol. The van der Waals surface area contributed by atoms with Gasteiger partial charge < -0.3 is 9.80 Å². The summed E-state index contributed by atoms with van der Waals surface area (Å²) in [7, 11) is 0. The van der Waals surface area contributed by atoms with Crippen molar-refractivity contribution in [2.24, 2.45) is 65.1 Å². The van der Waals surface area contributed by atoms with Gasteiger partial charge in [0.05, 0.1) is 0 Å². The summed E-state index contributed by atoms with van der Waals surface area (Å²) in [4.78, 5) is 8.16. The van der Waals surface area contributed by atoms with E-state index in [9.17, 15) is 0 Å². The van der Waals surface area contributed by atoms with Gasteiger partial charge in [-0.2, -0.15) is 0 Å². The fraction of sp³-hybridized carbons (Fsp3) is 1.00. The summed E-state index contributed by atoms with van der Waals surface area (Å²) in [5.74, 6) is 10.9. The highest BCUT2D eigenvalue weighted by Gasteiger charge is 2.49. The van der Waals surface area contributed by atoms with E-state index in [0.717, 1.165) is 89.3 Å². The molecule has 0 aromatic carbocycles. The molecule has 3 saturated carbocycles. The molecule has 3 aliphatic heterocycles. The zero-order valence-corrected chi connectivity index (χ0v) is 31.2. The van der Waals surface area contributed by atoms with E-state index in [-0.39, 0.29) is 0 Å². The summed E-state index contributed by atoms with van der Waals surface area (Å²) >= 11 is 0. The lowest BCUT2D eigenvalue weighted by Crippen LogP contribution is -2.59. The third-order valence-electron chi connectivity index (χ3n) is 14.8. The molecule has 3 saturated heterocycles. The SMILES string of the molecule is CC1C(C)C2C1CCCCN2C(C)C.CC1C(C)C2CN(C(C)C)CCCC12.CC1C(C)C2CN(C(C)C)CCCCC12. The normalized spacial score (nSPS) is 43.9. The maximum atomic E-state index is 2.77. The van der Waals surface area contributed by atoms with E-state index < -0.39 is 0 Å². The van der Waals surface area contributed by atoms with Crippen molar-refractivity contribution in [1.82, 2.24) is 14.7 Å². The van der Waals surface area contributed by atoms with Gasteiger partial charge in [-0.25, -0.2) is 0 Å². The number of hydrogen-bond donors (Lipinski definition) is 0. The molecule has 0 aromatic heterocycles. The molecule has 3 nitrogen and oxygen atoms in total. The first-order chi connectivity index (χ1) is 20.3. The Kier molecular flexibility index (Phi) is 13.0. The maximum absolute atomic E-state index is 2.77. The van der Waals surface area contributed by atoms with Crippen LogP contribution in [-0.4, -0.2) is 71.6 Å². The van der Waals surface area contributed by atoms with Crippen LogP contribution < -0.4 is 0 Å². The van der Waals surface area contributed by atoms with Crippen LogP contribution in [0, 0.1) is 65.1 Å². The summed E-state index contributed by atoms with van der Waals surface area (Å²) in [5.41, 5.74) is 0. The zero-order chi connectivity index (χ0) is 31.6. The number of nitrogens with zero attached hydrogens (tertiary/aromatic N) is 3. The highest BCUT2D eigenvalue weighted by atomic mass is 15.2. The van der Waals surface area contributed by atoms with Gasteiger partial charge >= 0.3 is 0 Å². The van der Waals surface area contributed by atoms with Crippen LogP contribution in [-0.2, 0) is 0 Å².